The highest BCUT2D eigenvalue weighted by atomic mass is 32.2. The molecule has 1 rings (SSSR count). The number of hydrogen-bond acceptors (Lipinski definition) is 6. The molecule has 6 nitrogen and oxygen atoms in total. The van der Waals surface area contributed by atoms with Gasteiger partial charge in [-0.1, -0.05) is 0 Å². The van der Waals surface area contributed by atoms with Crippen LogP contribution in [-0.2, 0) is 19.7 Å². The average Bonchev–Trinajstić information content (AvgIpc) is 2.36. The summed E-state index contributed by atoms with van der Waals surface area (Å²) in [5, 5.41) is 0. The van der Waals surface area contributed by atoms with E-state index >= 15 is 0 Å². The zero-order chi connectivity index (χ0) is 16.5. The molecule has 0 aromatic heterocycles. The number of rotatable bonds is 5. The molecule has 0 unspecified atom stereocenters. The van der Waals surface area contributed by atoms with Crippen molar-refractivity contribution in [2.45, 2.75) is 30.4 Å². The smallest absolute Gasteiger partial charge is 0.181 e. The molecule has 0 saturated carbocycles. The summed E-state index contributed by atoms with van der Waals surface area (Å²) in [4.78, 5) is -0.106. The Morgan fingerprint density at radius 3 is 2.14 bits per heavy atom. The Morgan fingerprint density at radius 2 is 1.67 bits per heavy atom. The maximum atomic E-state index is 12.3. The second kappa shape index (κ2) is 5.84. The van der Waals surface area contributed by atoms with Crippen LogP contribution in [0.3, 0.4) is 0 Å². The van der Waals surface area contributed by atoms with Crippen LogP contribution in [0.25, 0.3) is 0 Å². The van der Waals surface area contributed by atoms with E-state index in [1.165, 1.54) is 40.0 Å². The number of nitrogen functional groups attached to an aromatic ring is 1. The van der Waals surface area contributed by atoms with Crippen LogP contribution in [0.2, 0.25) is 0 Å². The fourth-order valence-corrected chi connectivity index (χ4v) is 4.86. The van der Waals surface area contributed by atoms with E-state index in [0.717, 1.165) is 0 Å². The van der Waals surface area contributed by atoms with Crippen molar-refractivity contribution in [2.24, 2.45) is 0 Å². The molecular weight excluding hydrogens is 314 g/mol. The Balaban J connectivity index is 3.09. The summed E-state index contributed by atoms with van der Waals surface area (Å²) >= 11 is 0. The predicted molar refractivity (Wildman–Crippen MR) is 83.0 cm³/mol. The summed E-state index contributed by atoms with van der Waals surface area (Å²) in [5.74, 6) is -0.610. The molecule has 0 fully saturated rings. The molecule has 0 heterocycles. The highest BCUT2D eigenvalue weighted by molar-refractivity contribution is 7.95. The van der Waals surface area contributed by atoms with Gasteiger partial charge in [0.2, 0.25) is 0 Å². The maximum absolute atomic E-state index is 12.3. The fourth-order valence-electron chi connectivity index (χ4n) is 1.55. The lowest BCUT2D eigenvalue weighted by Gasteiger charge is -2.19. The SMILES string of the molecule is COc1ccc(N)c(S(=O)(=O)CCS(=O)(=O)C(C)(C)C)c1. The maximum Gasteiger partial charge on any atom is 0.181 e. The quantitative estimate of drug-likeness (QED) is 0.813. The van der Waals surface area contributed by atoms with Crippen LogP contribution in [-0.4, -0.2) is 40.2 Å². The van der Waals surface area contributed by atoms with Crippen LogP contribution in [0.5, 0.6) is 5.75 Å². The lowest BCUT2D eigenvalue weighted by atomic mass is 10.3. The van der Waals surface area contributed by atoms with Crippen molar-refractivity contribution in [3.05, 3.63) is 18.2 Å². The molecule has 0 atom stereocenters. The van der Waals surface area contributed by atoms with Crippen molar-refractivity contribution >= 4 is 25.4 Å². The Kier molecular flexibility index (Phi) is 4.94. The fraction of sp³-hybridized carbons (Fsp3) is 0.538. The summed E-state index contributed by atoms with van der Waals surface area (Å²) in [5.41, 5.74) is 5.74. The monoisotopic (exact) mass is 335 g/mol. The standard InChI is InChI=1S/C13H21NO5S2/c1-13(2,3)21(17,18)8-7-20(15,16)12-9-10(19-4)5-6-11(12)14/h5-6,9H,7-8,14H2,1-4H3. The summed E-state index contributed by atoms with van der Waals surface area (Å²) < 4.78 is 52.6. The van der Waals surface area contributed by atoms with Gasteiger partial charge in [0.05, 0.1) is 33.9 Å². The number of hydrogen-bond donors (Lipinski definition) is 1. The Morgan fingerprint density at radius 1 is 1.10 bits per heavy atom. The zero-order valence-electron chi connectivity index (χ0n) is 12.6. The molecule has 21 heavy (non-hydrogen) atoms. The molecule has 1 aromatic carbocycles. The van der Waals surface area contributed by atoms with E-state index in [-0.39, 0.29) is 10.6 Å². The molecular formula is C13H21NO5S2. The van der Waals surface area contributed by atoms with E-state index in [9.17, 15) is 16.8 Å². The van der Waals surface area contributed by atoms with Gasteiger partial charge < -0.3 is 10.5 Å². The molecule has 0 saturated heterocycles. The Labute approximate surface area is 126 Å². The minimum absolute atomic E-state index is 0.0731. The third-order valence-corrected chi connectivity index (χ3v) is 7.74. The average molecular weight is 335 g/mol. The molecule has 0 aliphatic rings. The van der Waals surface area contributed by atoms with Gasteiger partial charge in [-0.15, -0.1) is 0 Å². The van der Waals surface area contributed by atoms with Crippen molar-refractivity contribution in [3.8, 4) is 5.75 Å². The third kappa shape index (κ3) is 4.10. The van der Waals surface area contributed by atoms with Crippen LogP contribution in [0.15, 0.2) is 23.1 Å². The van der Waals surface area contributed by atoms with Gasteiger partial charge in [0, 0.05) is 6.07 Å². The van der Waals surface area contributed by atoms with Crippen molar-refractivity contribution in [1.29, 1.82) is 0 Å². The first-order chi connectivity index (χ1) is 9.40. The molecule has 0 aliphatic heterocycles. The lowest BCUT2D eigenvalue weighted by Crippen LogP contribution is -2.33. The molecule has 0 bridgehead atoms. The van der Waals surface area contributed by atoms with E-state index in [1.807, 2.05) is 0 Å². The Bertz CT molecular complexity index is 715. The van der Waals surface area contributed by atoms with Gasteiger partial charge in [0.25, 0.3) is 0 Å². The van der Waals surface area contributed by atoms with Gasteiger partial charge in [-0.3, -0.25) is 0 Å². The number of anilines is 1. The van der Waals surface area contributed by atoms with Crippen molar-refractivity contribution < 1.29 is 21.6 Å². The first-order valence-electron chi connectivity index (χ1n) is 6.29. The van der Waals surface area contributed by atoms with E-state index in [1.54, 1.807) is 6.07 Å². The third-order valence-electron chi connectivity index (χ3n) is 3.11. The van der Waals surface area contributed by atoms with E-state index in [4.69, 9.17) is 10.5 Å². The van der Waals surface area contributed by atoms with Crippen LogP contribution >= 0.6 is 0 Å². The van der Waals surface area contributed by atoms with Gasteiger partial charge in [0.15, 0.2) is 19.7 Å². The molecule has 0 aliphatic carbocycles. The van der Waals surface area contributed by atoms with Gasteiger partial charge in [-0.05, 0) is 32.9 Å². The van der Waals surface area contributed by atoms with Gasteiger partial charge in [-0.2, -0.15) is 0 Å². The second-order valence-electron chi connectivity index (χ2n) is 5.65. The van der Waals surface area contributed by atoms with E-state index in [2.05, 4.69) is 0 Å². The summed E-state index contributed by atoms with van der Waals surface area (Å²) in [7, 11) is -5.91. The highest BCUT2D eigenvalue weighted by Crippen LogP contribution is 2.26. The first kappa shape index (κ1) is 17.8. The van der Waals surface area contributed by atoms with E-state index in [0.29, 0.717) is 5.75 Å². The number of nitrogens with two attached hydrogens (primary N) is 1. The van der Waals surface area contributed by atoms with Crippen LogP contribution in [0.4, 0.5) is 5.69 Å². The van der Waals surface area contributed by atoms with Crippen molar-refractivity contribution in [1.82, 2.24) is 0 Å². The Hall–Kier alpha value is -1.28. The summed E-state index contributed by atoms with van der Waals surface area (Å²) in [6.45, 7) is 4.61. The minimum atomic E-state index is -3.80. The molecule has 1 aromatic rings. The van der Waals surface area contributed by atoms with Crippen LogP contribution in [0, 0.1) is 0 Å². The first-order valence-corrected chi connectivity index (χ1v) is 9.60. The second-order valence-corrected chi connectivity index (χ2v) is 10.6. The van der Waals surface area contributed by atoms with Crippen molar-refractivity contribution in [3.63, 3.8) is 0 Å². The molecule has 2 N–H and O–H groups in total. The zero-order valence-corrected chi connectivity index (χ0v) is 14.2. The van der Waals surface area contributed by atoms with Crippen molar-refractivity contribution in [2.75, 3.05) is 24.3 Å². The van der Waals surface area contributed by atoms with E-state index < -0.39 is 35.9 Å². The number of sulfone groups is 2. The van der Waals surface area contributed by atoms with Gasteiger partial charge in [-0.25, -0.2) is 16.8 Å². The molecule has 0 amide bonds. The normalized spacial score (nSPS) is 13.1. The number of methoxy groups -OCH3 is 1. The topological polar surface area (TPSA) is 104 Å². The van der Waals surface area contributed by atoms with Crippen LogP contribution < -0.4 is 10.5 Å². The van der Waals surface area contributed by atoms with Gasteiger partial charge in [0.1, 0.15) is 5.75 Å². The molecule has 0 spiro atoms. The summed E-state index contributed by atoms with van der Waals surface area (Å²) in [6, 6.07) is 4.26. The molecule has 0 radical (unpaired) electrons. The highest BCUT2D eigenvalue weighted by Gasteiger charge is 2.31. The lowest BCUT2D eigenvalue weighted by molar-refractivity contribution is 0.413. The number of benzene rings is 1. The largest absolute Gasteiger partial charge is 0.497 e. The summed E-state index contributed by atoms with van der Waals surface area (Å²) in [6.07, 6.45) is 0. The van der Waals surface area contributed by atoms with Crippen LogP contribution in [0.1, 0.15) is 20.8 Å². The predicted octanol–water partition coefficient (Wildman–Crippen LogP) is 1.26. The van der Waals surface area contributed by atoms with Gasteiger partial charge >= 0.3 is 0 Å². The molecule has 8 heteroatoms. The minimum Gasteiger partial charge on any atom is -0.497 e. The number of ether oxygens (including phenoxy) is 1. The molecule has 120 valence electrons.